The van der Waals surface area contributed by atoms with Crippen LogP contribution in [0.1, 0.15) is 24.5 Å². The minimum atomic E-state index is -0.386. The summed E-state index contributed by atoms with van der Waals surface area (Å²) < 4.78 is 12.3. The third-order valence-corrected chi connectivity index (χ3v) is 5.42. The van der Waals surface area contributed by atoms with Gasteiger partial charge in [-0.3, -0.25) is 14.9 Å². The molecule has 146 valence electrons. The van der Waals surface area contributed by atoms with Crippen molar-refractivity contribution in [3.05, 3.63) is 61.5 Å². The minimum Gasteiger partial charge on any atom is -0.489 e. The molecule has 0 aliphatic carbocycles. The van der Waals surface area contributed by atoms with Crippen LogP contribution in [0.4, 0.5) is 0 Å². The Morgan fingerprint density at radius 1 is 1.21 bits per heavy atom. The number of carbonyl (C=O) groups is 2. The van der Waals surface area contributed by atoms with Gasteiger partial charge in [0.1, 0.15) is 6.61 Å². The Morgan fingerprint density at radius 3 is 2.68 bits per heavy atom. The maximum absolute atomic E-state index is 11.8. The summed E-state index contributed by atoms with van der Waals surface area (Å²) in [6, 6.07) is 8.87. The average molecular weight is 485 g/mol. The fraction of sp³-hybridized carbons (Fsp3) is 0.200. The van der Waals surface area contributed by atoms with Crippen LogP contribution in [0.15, 0.2) is 40.4 Å². The maximum Gasteiger partial charge on any atom is 0.254 e. The van der Waals surface area contributed by atoms with Crippen LogP contribution < -0.4 is 14.8 Å². The van der Waals surface area contributed by atoms with Crippen molar-refractivity contribution in [2.75, 3.05) is 6.61 Å². The van der Waals surface area contributed by atoms with Crippen LogP contribution >= 0.6 is 39.1 Å². The van der Waals surface area contributed by atoms with Crippen molar-refractivity contribution in [1.29, 1.82) is 0 Å². The molecule has 0 unspecified atom stereocenters. The molecule has 3 rings (SSSR count). The molecule has 1 aliphatic heterocycles. The van der Waals surface area contributed by atoms with E-state index in [2.05, 4.69) is 21.2 Å². The Hall–Kier alpha value is -2.02. The lowest BCUT2D eigenvalue weighted by molar-refractivity contribution is -0.124. The van der Waals surface area contributed by atoms with Crippen molar-refractivity contribution >= 4 is 57.0 Å². The number of rotatable bonds is 6. The standard InChI is InChI=1S/C20H16BrCl2NO4/c1-2-27-19-14(21)7-11(6-13-9-17(25)24-20(13)26)8-16(19)28-10-12-4-3-5-15(22)18(12)23/h3-8H,2,9-10H2,1H3,(H,24,25,26)/b13-6+. The SMILES string of the molecule is CCOc1c(Br)cc(/C=C2\CC(=O)NC2=O)cc1OCc1cccc(Cl)c1Cl. The summed E-state index contributed by atoms with van der Waals surface area (Å²) in [7, 11) is 0. The fourth-order valence-corrected chi connectivity index (χ4v) is 3.65. The molecule has 1 aliphatic rings. The molecule has 1 saturated heterocycles. The van der Waals surface area contributed by atoms with Crippen molar-refractivity contribution < 1.29 is 19.1 Å². The third-order valence-electron chi connectivity index (χ3n) is 3.97. The van der Waals surface area contributed by atoms with E-state index in [1.165, 1.54) is 0 Å². The first-order chi connectivity index (χ1) is 13.4. The first kappa shape index (κ1) is 20.7. The van der Waals surface area contributed by atoms with Gasteiger partial charge in [0, 0.05) is 11.1 Å². The van der Waals surface area contributed by atoms with Gasteiger partial charge in [-0.05, 0) is 52.7 Å². The number of carbonyl (C=O) groups excluding carboxylic acids is 2. The molecule has 0 aromatic heterocycles. The molecule has 1 heterocycles. The summed E-state index contributed by atoms with van der Waals surface area (Å²) in [5, 5.41) is 3.14. The molecular formula is C20H16BrCl2NO4. The second kappa shape index (κ2) is 8.99. The van der Waals surface area contributed by atoms with Crippen molar-refractivity contribution in [2.45, 2.75) is 20.0 Å². The molecule has 5 nitrogen and oxygen atoms in total. The molecule has 0 atom stereocenters. The van der Waals surface area contributed by atoms with Gasteiger partial charge in [-0.1, -0.05) is 35.3 Å². The summed E-state index contributed by atoms with van der Waals surface area (Å²) in [4.78, 5) is 23.2. The predicted molar refractivity (Wildman–Crippen MR) is 112 cm³/mol. The highest BCUT2D eigenvalue weighted by Gasteiger charge is 2.24. The lowest BCUT2D eigenvalue weighted by Gasteiger charge is -2.15. The van der Waals surface area contributed by atoms with E-state index in [0.29, 0.717) is 43.8 Å². The number of imide groups is 1. The van der Waals surface area contributed by atoms with Gasteiger partial charge in [0.15, 0.2) is 11.5 Å². The topological polar surface area (TPSA) is 64.6 Å². The van der Waals surface area contributed by atoms with Crippen LogP contribution in [-0.4, -0.2) is 18.4 Å². The largest absolute Gasteiger partial charge is 0.489 e. The summed E-state index contributed by atoms with van der Waals surface area (Å²) in [6.45, 7) is 2.50. The molecule has 0 bridgehead atoms. The van der Waals surface area contributed by atoms with Crippen molar-refractivity contribution in [3.8, 4) is 11.5 Å². The Kier molecular flexibility index (Phi) is 6.65. The predicted octanol–water partition coefficient (Wildman–Crippen LogP) is 5.16. The molecule has 1 N–H and O–H groups in total. The molecule has 0 radical (unpaired) electrons. The molecule has 0 saturated carbocycles. The molecule has 2 amide bonds. The van der Waals surface area contributed by atoms with Crippen molar-refractivity contribution in [1.82, 2.24) is 5.32 Å². The van der Waals surface area contributed by atoms with E-state index in [9.17, 15) is 9.59 Å². The number of halogens is 3. The number of amides is 2. The van der Waals surface area contributed by atoms with Crippen molar-refractivity contribution in [2.24, 2.45) is 0 Å². The van der Waals surface area contributed by atoms with E-state index in [1.807, 2.05) is 13.0 Å². The summed E-state index contributed by atoms with van der Waals surface area (Å²) >= 11 is 15.8. The highest BCUT2D eigenvalue weighted by molar-refractivity contribution is 9.10. The lowest BCUT2D eigenvalue weighted by atomic mass is 10.1. The minimum absolute atomic E-state index is 0.0535. The van der Waals surface area contributed by atoms with Gasteiger partial charge >= 0.3 is 0 Å². The van der Waals surface area contributed by atoms with E-state index in [1.54, 1.807) is 30.3 Å². The van der Waals surface area contributed by atoms with Crippen LogP contribution in [0.3, 0.4) is 0 Å². The van der Waals surface area contributed by atoms with Crippen LogP contribution in [0, 0.1) is 0 Å². The van der Waals surface area contributed by atoms with Crippen LogP contribution in [0.2, 0.25) is 10.0 Å². The monoisotopic (exact) mass is 483 g/mol. The number of nitrogens with one attached hydrogen (secondary N) is 1. The van der Waals surface area contributed by atoms with Crippen LogP contribution in [-0.2, 0) is 16.2 Å². The highest BCUT2D eigenvalue weighted by atomic mass is 79.9. The first-order valence-corrected chi connectivity index (χ1v) is 10.0. The second-order valence-electron chi connectivity index (χ2n) is 5.99. The van der Waals surface area contributed by atoms with Gasteiger partial charge < -0.3 is 9.47 Å². The Labute approximate surface area is 180 Å². The van der Waals surface area contributed by atoms with Gasteiger partial charge in [-0.15, -0.1) is 0 Å². The Balaban J connectivity index is 1.92. The Bertz CT molecular complexity index is 975. The average Bonchev–Trinajstić information content (AvgIpc) is 2.96. The normalized spacial score (nSPS) is 15.1. The maximum atomic E-state index is 11.8. The molecule has 2 aromatic carbocycles. The van der Waals surface area contributed by atoms with Crippen LogP contribution in [0.5, 0.6) is 11.5 Å². The second-order valence-corrected chi connectivity index (χ2v) is 7.63. The van der Waals surface area contributed by atoms with E-state index in [0.717, 1.165) is 5.56 Å². The zero-order chi connectivity index (χ0) is 20.3. The molecular weight excluding hydrogens is 469 g/mol. The van der Waals surface area contributed by atoms with E-state index >= 15 is 0 Å². The number of ether oxygens (including phenoxy) is 2. The summed E-state index contributed by atoms with van der Waals surface area (Å²) in [5.41, 5.74) is 1.82. The number of benzene rings is 2. The van der Waals surface area contributed by atoms with Gasteiger partial charge in [-0.2, -0.15) is 0 Å². The van der Waals surface area contributed by atoms with E-state index < -0.39 is 0 Å². The van der Waals surface area contributed by atoms with Gasteiger partial charge in [0.05, 0.1) is 27.5 Å². The lowest BCUT2D eigenvalue weighted by Crippen LogP contribution is -2.19. The van der Waals surface area contributed by atoms with Gasteiger partial charge in [0.25, 0.3) is 5.91 Å². The fourth-order valence-electron chi connectivity index (χ4n) is 2.70. The number of hydrogen-bond donors (Lipinski definition) is 1. The van der Waals surface area contributed by atoms with E-state index in [4.69, 9.17) is 32.7 Å². The first-order valence-electron chi connectivity index (χ1n) is 8.45. The summed E-state index contributed by atoms with van der Waals surface area (Å²) in [5.74, 6) is 0.315. The van der Waals surface area contributed by atoms with Gasteiger partial charge in [0.2, 0.25) is 5.91 Å². The van der Waals surface area contributed by atoms with Gasteiger partial charge in [-0.25, -0.2) is 0 Å². The molecule has 2 aromatic rings. The number of hydrogen-bond acceptors (Lipinski definition) is 4. The van der Waals surface area contributed by atoms with Crippen LogP contribution in [0.25, 0.3) is 6.08 Å². The quantitative estimate of drug-likeness (QED) is 0.454. The van der Waals surface area contributed by atoms with E-state index in [-0.39, 0.29) is 24.8 Å². The third kappa shape index (κ3) is 4.69. The Morgan fingerprint density at radius 2 is 2.00 bits per heavy atom. The van der Waals surface area contributed by atoms with Crippen molar-refractivity contribution in [3.63, 3.8) is 0 Å². The summed E-state index contributed by atoms with van der Waals surface area (Å²) in [6.07, 6.45) is 1.71. The molecule has 28 heavy (non-hydrogen) atoms. The molecule has 1 fully saturated rings. The smallest absolute Gasteiger partial charge is 0.254 e. The highest BCUT2D eigenvalue weighted by Crippen LogP contribution is 2.38. The zero-order valence-electron chi connectivity index (χ0n) is 14.9. The zero-order valence-corrected chi connectivity index (χ0v) is 18.0. The molecule has 8 heteroatoms. The molecule has 0 spiro atoms.